The number of benzene rings is 2. The molecule has 1 unspecified atom stereocenters. The SMILES string of the molecule is CC(C)(C)[Si](OC[C@@]12CC(F)C(=O)N1C[C@H](F)C2)(c1ccccc1)c1ccccc1. The van der Waals surface area contributed by atoms with Crippen molar-refractivity contribution < 1.29 is 18.0 Å². The summed E-state index contributed by atoms with van der Waals surface area (Å²) in [5, 5.41) is 1.99. The molecule has 2 aromatic rings. The number of nitrogens with zero attached hydrogens (tertiary/aromatic N) is 1. The van der Waals surface area contributed by atoms with Crippen molar-refractivity contribution in [2.45, 2.75) is 56.5 Å². The Balaban J connectivity index is 1.79. The molecule has 30 heavy (non-hydrogen) atoms. The fraction of sp³-hybridized carbons (Fsp3) is 0.458. The number of hydrogen-bond donors (Lipinski definition) is 0. The molecule has 0 bridgehead atoms. The third-order valence-electron chi connectivity index (χ3n) is 6.62. The summed E-state index contributed by atoms with van der Waals surface area (Å²) in [6.45, 7) is 6.60. The van der Waals surface area contributed by atoms with Gasteiger partial charge in [0.1, 0.15) is 6.17 Å². The summed E-state index contributed by atoms with van der Waals surface area (Å²) in [6, 6.07) is 20.3. The summed E-state index contributed by atoms with van der Waals surface area (Å²) in [7, 11) is -2.83. The van der Waals surface area contributed by atoms with Crippen molar-refractivity contribution in [3.8, 4) is 0 Å². The summed E-state index contributed by atoms with van der Waals surface area (Å²) in [4.78, 5) is 13.7. The number of rotatable bonds is 5. The van der Waals surface area contributed by atoms with Crippen molar-refractivity contribution in [1.29, 1.82) is 0 Å². The number of carbonyl (C=O) groups is 1. The Morgan fingerprint density at radius 1 is 1.00 bits per heavy atom. The highest BCUT2D eigenvalue weighted by atomic mass is 28.4. The molecule has 0 aromatic heterocycles. The first-order valence-electron chi connectivity index (χ1n) is 10.5. The fourth-order valence-electron chi connectivity index (χ4n) is 5.29. The smallest absolute Gasteiger partial charge is 0.261 e. The lowest BCUT2D eigenvalue weighted by Gasteiger charge is -2.45. The molecule has 2 heterocycles. The molecule has 0 N–H and O–H groups in total. The van der Waals surface area contributed by atoms with Gasteiger partial charge in [-0.05, 0) is 15.4 Å². The highest BCUT2D eigenvalue weighted by Crippen LogP contribution is 2.44. The van der Waals surface area contributed by atoms with Gasteiger partial charge in [-0.2, -0.15) is 0 Å². The van der Waals surface area contributed by atoms with E-state index in [-0.39, 0.29) is 31.0 Å². The minimum Gasteiger partial charge on any atom is -0.405 e. The van der Waals surface area contributed by atoms with E-state index in [1.54, 1.807) is 0 Å². The van der Waals surface area contributed by atoms with Crippen molar-refractivity contribution in [2.75, 3.05) is 13.2 Å². The van der Waals surface area contributed by atoms with E-state index >= 15 is 0 Å². The summed E-state index contributed by atoms with van der Waals surface area (Å²) in [6.07, 6.45) is -2.56. The zero-order chi connectivity index (χ0) is 21.6. The Bertz CT molecular complexity index is 863. The highest BCUT2D eigenvalue weighted by Gasteiger charge is 2.59. The zero-order valence-electron chi connectivity index (χ0n) is 17.8. The van der Waals surface area contributed by atoms with Gasteiger partial charge in [-0.3, -0.25) is 4.79 Å². The maximum Gasteiger partial charge on any atom is 0.261 e. The monoisotopic (exact) mass is 429 g/mol. The molecule has 1 amide bonds. The molecule has 3 atom stereocenters. The second-order valence-corrected chi connectivity index (χ2v) is 13.9. The van der Waals surface area contributed by atoms with E-state index in [2.05, 4.69) is 45.0 Å². The van der Waals surface area contributed by atoms with E-state index < -0.39 is 32.1 Å². The number of alkyl halides is 2. The molecular weight excluding hydrogens is 400 g/mol. The van der Waals surface area contributed by atoms with E-state index in [9.17, 15) is 13.6 Å². The Morgan fingerprint density at radius 3 is 2.03 bits per heavy atom. The predicted molar refractivity (Wildman–Crippen MR) is 117 cm³/mol. The maximum atomic E-state index is 14.4. The first-order chi connectivity index (χ1) is 14.2. The fourth-order valence-corrected chi connectivity index (χ4v) is 9.93. The van der Waals surface area contributed by atoms with Crippen LogP contribution in [0.15, 0.2) is 60.7 Å². The van der Waals surface area contributed by atoms with Gasteiger partial charge in [0, 0.05) is 12.8 Å². The van der Waals surface area contributed by atoms with Crippen LogP contribution < -0.4 is 10.4 Å². The third-order valence-corrected chi connectivity index (χ3v) is 11.6. The number of amides is 1. The average molecular weight is 430 g/mol. The van der Waals surface area contributed by atoms with Gasteiger partial charge in [0.15, 0.2) is 6.17 Å². The number of hydrogen-bond acceptors (Lipinski definition) is 2. The minimum atomic E-state index is -2.83. The molecule has 0 saturated carbocycles. The Kier molecular flexibility index (Phi) is 5.35. The van der Waals surface area contributed by atoms with Gasteiger partial charge in [0.2, 0.25) is 0 Å². The lowest BCUT2D eigenvalue weighted by molar-refractivity contribution is -0.133. The topological polar surface area (TPSA) is 29.5 Å². The highest BCUT2D eigenvalue weighted by molar-refractivity contribution is 6.99. The Hall–Kier alpha value is -2.05. The van der Waals surface area contributed by atoms with Gasteiger partial charge in [-0.1, -0.05) is 81.4 Å². The van der Waals surface area contributed by atoms with E-state index in [1.807, 2.05) is 36.4 Å². The van der Waals surface area contributed by atoms with Crippen molar-refractivity contribution in [1.82, 2.24) is 4.90 Å². The van der Waals surface area contributed by atoms with E-state index in [4.69, 9.17) is 4.43 Å². The van der Waals surface area contributed by atoms with Crippen LogP contribution in [0.25, 0.3) is 0 Å². The molecule has 6 heteroatoms. The zero-order valence-corrected chi connectivity index (χ0v) is 18.8. The van der Waals surface area contributed by atoms with Gasteiger partial charge < -0.3 is 9.33 Å². The van der Waals surface area contributed by atoms with Crippen LogP contribution in [0.5, 0.6) is 0 Å². The van der Waals surface area contributed by atoms with Crippen LogP contribution >= 0.6 is 0 Å². The number of carbonyl (C=O) groups excluding carboxylic acids is 1. The standard InChI is InChI=1S/C24H29F2NO2Si/c1-23(2,3)30(19-10-6-4-7-11-19,20-12-8-5-9-13-20)29-17-24-14-18(25)16-27(24)22(28)21(26)15-24/h4-13,18,21H,14-17H2,1-3H3/t18-,21?,24-/m1/s1. The normalized spacial score (nSPS) is 26.8. The van der Waals surface area contributed by atoms with Gasteiger partial charge in [-0.25, -0.2) is 8.78 Å². The maximum absolute atomic E-state index is 14.4. The quantitative estimate of drug-likeness (QED) is 0.680. The molecule has 160 valence electrons. The van der Waals surface area contributed by atoms with Crippen LogP contribution in [-0.2, 0) is 9.22 Å². The first kappa shape index (κ1) is 21.2. The summed E-state index contributed by atoms with van der Waals surface area (Å²) in [5.41, 5.74) is -0.900. The van der Waals surface area contributed by atoms with Gasteiger partial charge in [0.05, 0.1) is 18.7 Å². The molecule has 2 aromatic carbocycles. The number of halogens is 2. The molecular formula is C24H29F2NO2Si. The molecule has 0 aliphatic carbocycles. The van der Waals surface area contributed by atoms with Gasteiger partial charge >= 0.3 is 0 Å². The van der Waals surface area contributed by atoms with Crippen LogP contribution in [0.1, 0.15) is 33.6 Å². The largest absolute Gasteiger partial charge is 0.405 e. The van der Waals surface area contributed by atoms with Crippen molar-refractivity contribution in [2.24, 2.45) is 0 Å². The third kappa shape index (κ3) is 3.30. The molecule has 2 aliphatic rings. The molecule has 0 spiro atoms. The summed E-state index contributed by atoms with van der Waals surface area (Å²) >= 11 is 0. The Labute approximate surface area is 178 Å². The van der Waals surface area contributed by atoms with Crippen molar-refractivity contribution in [3.63, 3.8) is 0 Å². The van der Waals surface area contributed by atoms with E-state index in [0.717, 1.165) is 10.4 Å². The molecule has 2 fully saturated rings. The average Bonchev–Trinajstić information content (AvgIpc) is 3.14. The van der Waals surface area contributed by atoms with Crippen LogP contribution in [-0.4, -0.2) is 50.2 Å². The molecule has 3 nitrogen and oxygen atoms in total. The van der Waals surface area contributed by atoms with Crippen molar-refractivity contribution in [3.05, 3.63) is 60.7 Å². The molecule has 2 aliphatic heterocycles. The number of fused-ring (bicyclic) bond motifs is 1. The van der Waals surface area contributed by atoms with E-state index in [0.29, 0.717) is 0 Å². The Morgan fingerprint density at radius 2 is 1.53 bits per heavy atom. The lowest BCUT2D eigenvalue weighted by atomic mass is 9.94. The summed E-state index contributed by atoms with van der Waals surface area (Å²) < 4.78 is 35.6. The second kappa shape index (κ2) is 7.57. The van der Waals surface area contributed by atoms with Crippen LogP contribution in [0.3, 0.4) is 0 Å². The molecule has 4 rings (SSSR count). The van der Waals surface area contributed by atoms with Gasteiger partial charge in [0.25, 0.3) is 14.2 Å². The second-order valence-electron chi connectivity index (χ2n) is 9.60. The molecule has 0 radical (unpaired) electrons. The molecule has 2 saturated heterocycles. The van der Waals surface area contributed by atoms with Crippen LogP contribution in [0.4, 0.5) is 8.78 Å². The van der Waals surface area contributed by atoms with E-state index in [1.165, 1.54) is 4.90 Å². The predicted octanol–water partition coefficient (Wildman–Crippen LogP) is 3.61. The summed E-state index contributed by atoms with van der Waals surface area (Å²) in [5.74, 6) is -0.596. The first-order valence-corrected chi connectivity index (χ1v) is 12.5. The van der Waals surface area contributed by atoms with Gasteiger partial charge in [-0.15, -0.1) is 0 Å². The lowest BCUT2D eigenvalue weighted by Crippen LogP contribution is -2.68. The van der Waals surface area contributed by atoms with Crippen LogP contribution in [0, 0.1) is 0 Å². The minimum absolute atomic E-state index is 0.00442. The van der Waals surface area contributed by atoms with Crippen molar-refractivity contribution >= 4 is 24.6 Å². The van der Waals surface area contributed by atoms with Crippen LogP contribution in [0.2, 0.25) is 5.04 Å².